The van der Waals surface area contributed by atoms with Crippen LogP contribution in [-0.2, 0) is 26.9 Å². The Kier molecular flexibility index (Phi) is 6.51. The predicted molar refractivity (Wildman–Crippen MR) is 101 cm³/mol. The van der Waals surface area contributed by atoms with E-state index in [1.807, 2.05) is 24.3 Å². The zero-order valence-corrected chi connectivity index (χ0v) is 16.2. The average molecular weight is 387 g/mol. The van der Waals surface area contributed by atoms with Crippen LogP contribution in [0, 0.1) is 11.3 Å². The molecule has 7 heteroatoms. The van der Waals surface area contributed by atoms with Gasteiger partial charge in [-0.1, -0.05) is 37.1 Å². The topological polar surface area (TPSA) is 75.3 Å². The highest BCUT2D eigenvalue weighted by Crippen LogP contribution is 2.43. The third kappa shape index (κ3) is 4.74. The molecule has 1 aromatic carbocycles. The number of benzene rings is 1. The third-order valence-corrected chi connectivity index (χ3v) is 6.22. The molecule has 3 rings (SSSR count). The van der Waals surface area contributed by atoms with Crippen LogP contribution in [0.4, 0.5) is 0 Å². The highest BCUT2D eigenvalue weighted by atomic mass is 35.5. The zero-order chi connectivity index (χ0) is 17.2. The second-order valence-electron chi connectivity index (χ2n) is 7.30. The van der Waals surface area contributed by atoms with Gasteiger partial charge in [0.05, 0.1) is 11.2 Å². The number of hydrogen-bond acceptors (Lipinski definition) is 4. The van der Waals surface area contributed by atoms with Gasteiger partial charge in [0.2, 0.25) is 5.91 Å². The molecule has 2 atom stereocenters. The van der Waals surface area contributed by atoms with Crippen LogP contribution in [0.5, 0.6) is 0 Å². The summed E-state index contributed by atoms with van der Waals surface area (Å²) in [6.45, 7) is 2.17. The van der Waals surface area contributed by atoms with Gasteiger partial charge in [-0.05, 0) is 36.4 Å². The van der Waals surface area contributed by atoms with E-state index in [-0.39, 0.29) is 29.5 Å². The molecule has 140 valence electrons. The lowest BCUT2D eigenvalue weighted by Crippen LogP contribution is -2.47. The summed E-state index contributed by atoms with van der Waals surface area (Å²) in [5.74, 6) is 0.624. The maximum atomic E-state index is 12.8. The lowest BCUT2D eigenvalue weighted by molar-refractivity contribution is -0.134. The van der Waals surface area contributed by atoms with Crippen molar-refractivity contribution < 1.29 is 13.2 Å². The fraction of sp³-hybridized carbons (Fsp3) is 0.611. The SMILES string of the molecule is CS(=O)(=O)Cc1cccc(CNC(=O)[C@@]23CCCC[C@H]2CNC3)c1.Cl. The maximum Gasteiger partial charge on any atom is 0.228 e. The summed E-state index contributed by atoms with van der Waals surface area (Å²) in [5, 5.41) is 6.48. The minimum Gasteiger partial charge on any atom is -0.351 e. The number of amides is 1. The van der Waals surface area contributed by atoms with Gasteiger partial charge in [0.15, 0.2) is 9.84 Å². The molecule has 0 bridgehead atoms. The first-order valence-electron chi connectivity index (χ1n) is 8.64. The molecule has 1 heterocycles. The lowest BCUT2D eigenvalue weighted by Gasteiger charge is -2.37. The van der Waals surface area contributed by atoms with Crippen molar-refractivity contribution in [2.45, 2.75) is 38.0 Å². The van der Waals surface area contributed by atoms with E-state index in [4.69, 9.17) is 0 Å². The molecule has 2 fully saturated rings. The molecule has 1 aliphatic carbocycles. The number of rotatable bonds is 5. The second-order valence-corrected chi connectivity index (χ2v) is 9.44. The number of carbonyl (C=O) groups excluding carboxylic acids is 1. The fourth-order valence-corrected chi connectivity index (χ4v) is 4.97. The Labute approximate surface area is 156 Å². The molecular weight excluding hydrogens is 360 g/mol. The van der Waals surface area contributed by atoms with Crippen LogP contribution in [0.3, 0.4) is 0 Å². The van der Waals surface area contributed by atoms with Gasteiger partial charge in [-0.3, -0.25) is 4.79 Å². The summed E-state index contributed by atoms with van der Waals surface area (Å²) >= 11 is 0. The molecule has 1 aliphatic heterocycles. The number of carbonyl (C=O) groups is 1. The molecule has 0 unspecified atom stereocenters. The molecule has 1 aromatic rings. The Morgan fingerprint density at radius 2 is 2.08 bits per heavy atom. The number of halogens is 1. The Bertz CT molecular complexity index is 723. The highest BCUT2D eigenvalue weighted by molar-refractivity contribution is 7.89. The van der Waals surface area contributed by atoms with E-state index < -0.39 is 9.84 Å². The van der Waals surface area contributed by atoms with E-state index in [1.165, 1.54) is 12.7 Å². The molecule has 0 radical (unpaired) electrons. The average Bonchev–Trinajstić information content (AvgIpc) is 2.96. The molecule has 1 saturated carbocycles. The third-order valence-electron chi connectivity index (χ3n) is 5.36. The highest BCUT2D eigenvalue weighted by Gasteiger charge is 2.49. The molecular formula is C18H27ClN2O3S. The van der Waals surface area contributed by atoms with Crippen molar-refractivity contribution in [3.63, 3.8) is 0 Å². The summed E-state index contributed by atoms with van der Waals surface area (Å²) in [4.78, 5) is 12.8. The molecule has 1 amide bonds. The van der Waals surface area contributed by atoms with Crippen molar-refractivity contribution in [1.29, 1.82) is 0 Å². The van der Waals surface area contributed by atoms with Gasteiger partial charge in [0.1, 0.15) is 0 Å². The van der Waals surface area contributed by atoms with Crippen LogP contribution >= 0.6 is 12.4 Å². The van der Waals surface area contributed by atoms with Crippen LogP contribution in [0.25, 0.3) is 0 Å². The first-order chi connectivity index (χ1) is 11.4. The lowest BCUT2D eigenvalue weighted by atomic mass is 9.67. The Morgan fingerprint density at radius 1 is 1.32 bits per heavy atom. The van der Waals surface area contributed by atoms with Gasteiger partial charge in [-0.15, -0.1) is 12.4 Å². The summed E-state index contributed by atoms with van der Waals surface area (Å²) in [5.41, 5.74) is 1.46. The number of hydrogen-bond donors (Lipinski definition) is 2. The summed E-state index contributed by atoms with van der Waals surface area (Å²) < 4.78 is 22.9. The van der Waals surface area contributed by atoms with Crippen LogP contribution < -0.4 is 10.6 Å². The van der Waals surface area contributed by atoms with Gasteiger partial charge in [-0.2, -0.15) is 0 Å². The van der Waals surface area contributed by atoms with E-state index in [0.29, 0.717) is 12.5 Å². The van der Waals surface area contributed by atoms with Crippen LogP contribution in [0.2, 0.25) is 0 Å². The molecule has 0 spiro atoms. The summed E-state index contributed by atoms with van der Waals surface area (Å²) in [6.07, 6.45) is 5.66. The van der Waals surface area contributed by atoms with Crippen molar-refractivity contribution >= 4 is 28.2 Å². The number of nitrogens with one attached hydrogen (secondary N) is 2. The van der Waals surface area contributed by atoms with E-state index in [1.54, 1.807) is 0 Å². The van der Waals surface area contributed by atoms with Crippen molar-refractivity contribution in [2.24, 2.45) is 11.3 Å². The molecule has 5 nitrogen and oxygen atoms in total. The Hall–Kier alpha value is -1.11. The van der Waals surface area contributed by atoms with Gasteiger partial charge < -0.3 is 10.6 Å². The molecule has 2 N–H and O–H groups in total. The molecule has 0 aromatic heterocycles. The van der Waals surface area contributed by atoms with Gasteiger partial charge in [0.25, 0.3) is 0 Å². The quantitative estimate of drug-likeness (QED) is 0.812. The van der Waals surface area contributed by atoms with Crippen LogP contribution in [-0.4, -0.2) is 33.7 Å². The fourth-order valence-electron chi connectivity index (χ4n) is 4.18. The minimum atomic E-state index is -3.05. The predicted octanol–water partition coefficient (Wildman–Crippen LogP) is 2.05. The zero-order valence-electron chi connectivity index (χ0n) is 14.6. The van der Waals surface area contributed by atoms with Crippen molar-refractivity contribution in [3.8, 4) is 0 Å². The van der Waals surface area contributed by atoms with E-state index in [0.717, 1.165) is 43.5 Å². The van der Waals surface area contributed by atoms with Crippen LogP contribution in [0.1, 0.15) is 36.8 Å². The summed E-state index contributed by atoms with van der Waals surface area (Å²) in [6, 6.07) is 7.45. The van der Waals surface area contributed by atoms with E-state index in [9.17, 15) is 13.2 Å². The largest absolute Gasteiger partial charge is 0.351 e. The normalized spacial score (nSPS) is 25.7. The summed E-state index contributed by atoms with van der Waals surface area (Å²) in [7, 11) is -3.05. The monoisotopic (exact) mass is 386 g/mol. The molecule has 1 saturated heterocycles. The van der Waals surface area contributed by atoms with E-state index >= 15 is 0 Å². The van der Waals surface area contributed by atoms with Crippen molar-refractivity contribution in [3.05, 3.63) is 35.4 Å². The first-order valence-corrected chi connectivity index (χ1v) is 10.7. The first kappa shape index (κ1) is 20.2. The van der Waals surface area contributed by atoms with Gasteiger partial charge in [0, 0.05) is 19.3 Å². The number of sulfone groups is 1. The number of fused-ring (bicyclic) bond motifs is 1. The second kappa shape index (κ2) is 8.06. The van der Waals surface area contributed by atoms with Gasteiger partial charge >= 0.3 is 0 Å². The smallest absolute Gasteiger partial charge is 0.228 e. The molecule has 2 aliphatic rings. The Balaban J connectivity index is 0.00000225. The van der Waals surface area contributed by atoms with Crippen molar-refractivity contribution in [2.75, 3.05) is 19.3 Å². The Morgan fingerprint density at radius 3 is 2.84 bits per heavy atom. The van der Waals surface area contributed by atoms with Crippen molar-refractivity contribution in [1.82, 2.24) is 10.6 Å². The molecule has 25 heavy (non-hydrogen) atoms. The maximum absolute atomic E-state index is 12.8. The van der Waals surface area contributed by atoms with E-state index in [2.05, 4.69) is 10.6 Å². The minimum absolute atomic E-state index is 0. The van der Waals surface area contributed by atoms with Crippen LogP contribution in [0.15, 0.2) is 24.3 Å². The van der Waals surface area contributed by atoms with Gasteiger partial charge in [-0.25, -0.2) is 8.42 Å². The standard InChI is InChI=1S/C18H26N2O3S.ClH/c1-24(22,23)12-15-6-4-5-14(9-15)10-20-17(21)18-8-3-2-7-16(18)11-19-13-18;/h4-6,9,16,19H,2-3,7-8,10-13H2,1H3,(H,20,21);1H/t16-,18+;/m0./s1.